The number of rotatable bonds is 9. The molecule has 4 N–H and O–H groups in total. The van der Waals surface area contributed by atoms with Crippen molar-refractivity contribution >= 4 is 28.8 Å². The average Bonchev–Trinajstić information content (AvgIpc) is 2.69. The molecule has 0 bridgehead atoms. The predicted octanol–water partition coefficient (Wildman–Crippen LogP) is 2.74. The van der Waals surface area contributed by atoms with Crippen molar-refractivity contribution in [1.82, 2.24) is 14.9 Å². The Morgan fingerprint density at radius 2 is 1.86 bits per heavy atom. The van der Waals surface area contributed by atoms with Crippen LogP contribution in [0.1, 0.15) is 45.1 Å². The molecule has 7 nitrogen and oxygen atoms in total. The third-order valence-corrected chi connectivity index (χ3v) is 4.92. The zero-order valence-corrected chi connectivity index (χ0v) is 17.7. The maximum atomic E-state index is 13.1. The summed E-state index contributed by atoms with van der Waals surface area (Å²) in [6.45, 7) is 5.31. The smallest absolute Gasteiger partial charge is 0.330 e. The SMILES string of the molecule is CCCCN(C(=S)NCc1ccc(F)cc1)c1c(N)n(CCCC)c(=O)[nH]c1=O. The van der Waals surface area contributed by atoms with E-state index in [0.29, 0.717) is 24.7 Å². The number of hydrogen-bond donors (Lipinski definition) is 3. The number of aromatic amines is 1. The van der Waals surface area contributed by atoms with Gasteiger partial charge < -0.3 is 16.0 Å². The van der Waals surface area contributed by atoms with Crippen molar-refractivity contribution in [3.8, 4) is 0 Å². The fourth-order valence-corrected chi connectivity index (χ4v) is 3.14. The summed E-state index contributed by atoms with van der Waals surface area (Å²) in [5.74, 6) is -0.205. The van der Waals surface area contributed by atoms with Crippen LogP contribution in [0.2, 0.25) is 0 Å². The summed E-state index contributed by atoms with van der Waals surface area (Å²) in [5, 5.41) is 3.42. The molecular weight excluding hydrogens is 393 g/mol. The standard InChI is InChI=1S/C20H28FN5O2S/c1-3-5-11-25(20(29)23-13-14-7-9-15(21)10-8-14)16-17(22)26(12-6-4-2)19(28)24-18(16)27/h7-10H,3-6,11-13,22H2,1-2H3,(H,23,29)(H,24,27,28). The van der Waals surface area contributed by atoms with Crippen molar-refractivity contribution in [3.63, 3.8) is 0 Å². The number of unbranched alkanes of at least 4 members (excludes halogenated alkanes) is 2. The lowest BCUT2D eigenvalue weighted by Crippen LogP contribution is -2.45. The molecule has 158 valence electrons. The van der Waals surface area contributed by atoms with Gasteiger partial charge >= 0.3 is 5.69 Å². The van der Waals surface area contributed by atoms with Gasteiger partial charge in [-0.25, -0.2) is 9.18 Å². The van der Waals surface area contributed by atoms with Crippen molar-refractivity contribution in [1.29, 1.82) is 0 Å². The summed E-state index contributed by atoms with van der Waals surface area (Å²) in [5.41, 5.74) is 6.16. The molecule has 29 heavy (non-hydrogen) atoms. The number of benzene rings is 1. The first-order valence-corrected chi connectivity index (χ1v) is 10.2. The van der Waals surface area contributed by atoms with E-state index in [2.05, 4.69) is 10.3 Å². The Bertz CT molecular complexity index is 939. The highest BCUT2D eigenvalue weighted by atomic mass is 32.1. The number of thiocarbonyl (C=S) groups is 1. The van der Waals surface area contributed by atoms with Crippen LogP contribution in [0.15, 0.2) is 33.9 Å². The van der Waals surface area contributed by atoms with E-state index in [1.165, 1.54) is 16.7 Å². The summed E-state index contributed by atoms with van der Waals surface area (Å²) < 4.78 is 14.5. The first-order chi connectivity index (χ1) is 13.9. The van der Waals surface area contributed by atoms with Crippen molar-refractivity contribution < 1.29 is 4.39 Å². The molecule has 2 rings (SSSR count). The highest BCUT2D eigenvalue weighted by molar-refractivity contribution is 7.80. The topological polar surface area (TPSA) is 96.2 Å². The van der Waals surface area contributed by atoms with Gasteiger partial charge in [0.2, 0.25) is 0 Å². The second kappa shape index (κ2) is 10.8. The van der Waals surface area contributed by atoms with Crippen molar-refractivity contribution in [2.24, 2.45) is 0 Å². The molecule has 0 amide bonds. The number of nitrogens with zero attached hydrogens (tertiary/aromatic N) is 2. The Morgan fingerprint density at radius 1 is 1.21 bits per heavy atom. The first kappa shape index (κ1) is 22.6. The largest absolute Gasteiger partial charge is 0.383 e. The Kier molecular flexibility index (Phi) is 8.38. The molecule has 0 spiro atoms. The zero-order chi connectivity index (χ0) is 21.4. The van der Waals surface area contributed by atoms with Crippen LogP contribution in [0.3, 0.4) is 0 Å². The molecule has 0 radical (unpaired) electrons. The van der Waals surface area contributed by atoms with E-state index < -0.39 is 11.2 Å². The average molecular weight is 422 g/mol. The van der Waals surface area contributed by atoms with Crippen LogP contribution in [-0.2, 0) is 13.1 Å². The minimum atomic E-state index is -0.567. The molecule has 0 saturated carbocycles. The van der Waals surface area contributed by atoms with Crippen LogP contribution in [0.25, 0.3) is 0 Å². The van der Waals surface area contributed by atoms with Gasteiger partial charge in [-0.1, -0.05) is 38.8 Å². The molecule has 0 aliphatic heterocycles. The molecule has 1 heterocycles. The molecule has 9 heteroatoms. The second-order valence-corrected chi connectivity index (χ2v) is 7.18. The Balaban J connectivity index is 2.33. The number of aromatic nitrogens is 2. The molecule has 1 aromatic heterocycles. The Morgan fingerprint density at radius 3 is 2.48 bits per heavy atom. The lowest BCUT2D eigenvalue weighted by atomic mass is 10.2. The fourth-order valence-electron chi connectivity index (χ4n) is 2.88. The van der Waals surface area contributed by atoms with E-state index in [9.17, 15) is 14.0 Å². The van der Waals surface area contributed by atoms with Crippen LogP contribution < -0.4 is 27.2 Å². The third-order valence-electron chi connectivity index (χ3n) is 4.56. The first-order valence-electron chi connectivity index (χ1n) is 9.81. The molecule has 0 unspecified atom stereocenters. The van der Waals surface area contributed by atoms with Crippen molar-refractivity contribution in [2.45, 2.75) is 52.6 Å². The molecule has 1 aromatic carbocycles. The van der Waals surface area contributed by atoms with Gasteiger partial charge in [0, 0.05) is 19.6 Å². The van der Waals surface area contributed by atoms with Crippen LogP contribution in [0.4, 0.5) is 15.9 Å². The molecule has 0 aliphatic carbocycles. The molecular formula is C20H28FN5O2S. The van der Waals surface area contributed by atoms with Crippen LogP contribution in [0, 0.1) is 5.82 Å². The van der Waals surface area contributed by atoms with Crippen molar-refractivity contribution in [2.75, 3.05) is 17.2 Å². The van der Waals surface area contributed by atoms with Gasteiger partial charge in [0.05, 0.1) is 0 Å². The van der Waals surface area contributed by atoms with E-state index >= 15 is 0 Å². The Labute approximate surface area is 174 Å². The maximum absolute atomic E-state index is 13.1. The molecule has 0 atom stereocenters. The molecule has 2 aromatic rings. The van der Waals surface area contributed by atoms with Gasteiger partial charge in [-0.15, -0.1) is 0 Å². The minimum Gasteiger partial charge on any atom is -0.383 e. The van der Waals surface area contributed by atoms with Crippen LogP contribution >= 0.6 is 12.2 Å². The number of anilines is 2. The van der Waals surface area contributed by atoms with Gasteiger partial charge in [0.15, 0.2) is 10.8 Å². The summed E-state index contributed by atoms with van der Waals surface area (Å²) >= 11 is 5.52. The van der Waals surface area contributed by atoms with Crippen LogP contribution in [-0.4, -0.2) is 21.2 Å². The summed E-state index contributed by atoms with van der Waals surface area (Å²) in [6.07, 6.45) is 3.32. The number of H-pyrrole nitrogens is 1. The van der Waals surface area contributed by atoms with Gasteiger partial charge in [-0.3, -0.25) is 14.3 Å². The van der Waals surface area contributed by atoms with Gasteiger partial charge in [-0.2, -0.15) is 0 Å². The van der Waals surface area contributed by atoms with E-state index in [4.69, 9.17) is 18.0 Å². The van der Waals surface area contributed by atoms with Gasteiger partial charge in [0.25, 0.3) is 5.56 Å². The zero-order valence-electron chi connectivity index (χ0n) is 16.8. The van der Waals surface area contributed by atoms with Crippen LogP contribution in [0.5, 0.6) is 0 Å². The number of hydrogen-bond acceptors (Lipinski definition) is 4. The summed E-state index contributed by atoms with van der Waals surface area (Å²) in [6, 6.07) is 6.07. The predicted molar refractivity (Wildman–Crippen MR) is 119 cm³/mol. The van der Waals surface area contributed by atoms with Gasteiger partial charge in [-0.05, 0) is 42.8 Å². The molecule has 0 saturated heterocycles. The summed E-state index contributed by atoms with van der Waals surface area (Å²) in [4.78, 5) is 28.8. The quantitative estimate of drug-likeness (QED) is 0.539. The Hall–Kier alpha value is -2.68. The highest BCUT2D eigenvalue weighted by Gasteiger charge is 2.21. The number of nitrogen functional groups attached to an aromatic ring is 1. The lowest BCUT2D eigenvalue weighted by Gasteiger charge is -2.27. The van der Waals surface area contributed by atoms with E-state index in [0.717, 1.165) is 31.2 Å². The monoisotopic (exact) mass is 421 g/mol. The number of halogens is 1. The highest BCUT2D eigenvalue weighted by Crippen LogP contribution is 2.18. The van der Waals surface area contributed by atoms with E-state index in [-0.39, 0.29) is 17.3 Å². The second-order valence-electron chi connectivity index (χ2n) is 6.79. The van der Waals surface area contributed by atoms with E-state index in [1.807, 2.05) is 13.8 Å². The van der Waals surface area contributed by atoms with Crippen molar-refractivity contribution in [3.05, 3.63) is 56.5 Å². The summed E-state index contributed by atoms with van der Waals surface area (Å²) in [7, 11) is 0. The fraction of sp³-hybridized carbons (Fsp3) is 0.450. The molecule has 0 fully saturated rings. The number of nitrogens with one attached hydrogen (secondary N) is 2. The normalized spacial score (nSPS) is 10.7. The number of nitrogens with two attached hydrogens (primary N) is 1. The third kappa shape index (κ3) is 5.90. The minimum absolute atomic E-state index is 0.106. The van der Waals surface area contributed by atoms with Gasteiger partial charge in [0.1, 0.15) is 11.6 Å². The van der Waals surface area contributed by atoms with E-state index in [1.54, 1.807) is 17.0 Å². The maximum Gasteiger partial charge on any atom is 0.330 e. The lowest BCUT2D eigenvalue weighted by molar-refractivity contribution is 0.604. The molecule has 0 aliphatic rings.